The van der Waals surface area contributed by atoms with E-state index in [0.29, 0.717) is 0 Å². The predicted octanol–water partition coefficient (Wildman–Crippen LogP) is 2.51. The van der Waals surface area contributed by atoms with Gasteiger partial charge in [0.1, 0.15) is 0 Å². The normalized spacial score (nSPS) is 22.3. The molecule has 0 spiro atoms. The van der Waals surface area contributed by atoms with E-state index in [1.807, 2.05) is 0 Å². The Kier molecular flexibility index (Phi) is 4.15. The SMILES string of the molecule is CN1CCCc2cc(CN3CCCC3CC(=O)O)ccc21. The summed E-state index contributed by atoms with van der Waals surface area (Å²) in [4.78, 5) is 15.6. The number of carbonyl (C=O) groups is 1. The average Bonchev–Trinajstić information content (AvgIpc) is 2.85. The van der Waals surface area contributed by atoms with Crippen LogP contribution in [-0.4, -0.2) is 42.2 Å². The Morgan fingerprint density at radius 1 is 1.33 bits per heavy atom. The van der Waals surface area contributed by atoms with Gasteiger partial charge in [-0.2, -0.15) is 0 Å². The predicted molar refractivity (Wildman–Crippen MR) is 83.7 cm³/mol. The monoisotopic (exact) mass is 288 g/mol. The highest BCUT2D eigenvalue weighted by atomic mass is 16.4. The Morgan fingerprint density at radius 2 is 2.19 bits per heavy atom. The molecule has 0 radical (unpaired) electrons. The van der Waals surface area contributed by atoms with Crippen molar-refractivity contribution in [3.05, 3.63) is 29.3 Å². The standard InChI is InChI=1S/C17H24N2O2/c1-18-8-2-4-14-10-13(6-7-16(14)18)12-19-9-3-5-15(19)11-17(20)21/h6-7,10,15H,2-5,8-9,11-12H2,1H3,(H,20,21). The Hall–Kier alpha value is -1.55. The van der Waals surface area contributed by atoms with Crippen molar-refractivity contribution in [3.8, 4) is 0 Å². The van der Waals surface area contributed by atoms with Gasteiger partial charge in [-0.25, -0.2) is 0 Å². The summed E-state index contributed by atoms with van der Waals surface area (Å²) in [6.07, 6.45) is 4.78. The lowest BCUT2D eigenvalue weighted by Crippen LogP contribution is -2.31. The minimum absolute atomic E-state index is 0.209. The summed E-state index contributed by atoms with van der Waals surface area (Å²) in [5.74, 6) is -0.682. The van der Waals surface area contributed by atoms with E-state index in [4.69, 9.17) is 5.11 Å². The zero-order valence-electron chi connectivity index (χ0n) is 12.7. The lowest BCUT2D eigenvalue weighted by molar-refractivity contribution is -0.138. The molecule has 1 saturated heterocycles. The van der Waals surface area contributed by atoms with Crippen molar-refractivity contribution in [3.63, 3.8) is 0 Å². The number of hydrogen-bond acceptors (Lipinski definition) is 3. The van der Waals surface area contributed by atoms with Crippen molar-refractivity contribution < 1.29 is 9.90 Å². The van der Waals surface area contributed by atoms with Crippen LogP contribution in [0.5, 0.6) is 0 Å². The Morgan fingerprint density at radius 3 is 3.00 bits per heavy atom. The minimum atomic E-state index is -0.682. The molecule has 1 atom stereocenters. The van der Waals surface area contributed by atoms with Crippen LogP contribution >= 0.6 is 0 Å². The Bertz CT molecular complexity index is 530. The molecule has 2 heterocycles. The van der Waals surface area contributed by atoms with Gasteiger partial charge in [0, 0.05) is 31.9 Å². The van der Waals surface area contributed by atoms with Crippen LogP contribution in [0.1, 0.15) is 36.8 Å². The summed E-state index contributed by atoms with van der Waals surface area (Å²) < 4.78 is 0. The largest absolute Gasteiger partial charge is 0.481 e. The van der Waals surface area contributed by atoms with Gasteiger partial charge >= 0.3 is 5.97 Å². The molecule has 4 heteroatoms. The van der Waals surface area contributed by atoms with E-state index >= 15 is 0 Å². The van der Waals surface area contributed by atoms with E-state index in [0.717, 1.165) is 38.9 Å². The van der Waals surface area contributed by atoms with Crippen LogP contribution in [0.2, 0.25) is 0 Å². The topological polar surface area (TPSA) is 43.8 Å². The molecule has 1 fully saturated rings. The first-order chi connectivity index (χ1) is 10.1. The van der Waals surface area contributed by atoms with E-state index < -0.39 is 5.97 Å². The molecular weight excluding hydrogens is 264 g/mol. The van der Waals surface area contributed by atoms with Crippen LogP contribution in [0.25, 0.3) is 0 Å². The molecule has 114 valence electrons. The van der Waals surface area contributed by atoms with Crippen molar-refractivity contribution in [2.45, 2.75) is 44.7 Å². The lowest BCUT2D eigenvalue weighted by atomic mass is 9.99. The molecule has 3 rings (SSSR count). The molecule has 1 N–H and O–H groups in total. The molecule has 0 aliphatic carbocycles. The van der Waals surface area contributed by atoms with Crippen molar-refractivity contribution in [2.75, 3.05) is 25.0 Å². The van der Waals surface area contributed by atoms with Gasteiger partial charge in [-0.15, -0.1) is 0 Å². The number of fused-ring (bicyclic) bond motifs is 1. The second kappa shape index (κ2) is 6.06. The Balaban J connectivity index is 1.71. The molecule has 1 unspecified atom stereocenters. The van der Waals surface area contributed by atoms with Crippen LogP contribution in [0.4, 0.5) is 5.69 Å². The first-order valence-electron chi connectivity index (χ1n) is 7.92. The highest BCUT2D eigenvalue weighted by molar-refractivity contribution is 5.67. The second-order valence-electron chi connectivity index (χ2n) is 6.35. The smallest absolute Gasteiger partial charge is 0.304 e. The molecule has 0 amide bonds. The van der Waals surface area contributed by atoms with E-state index in [-0.39, 0.29) is 12.5 Å². The maximum Gasteiger partial charge on any atom is 0.304 e. The number of carboxylic acids is 1. The van der Waals surface area contributed by atoms with Gasteiger partial charge in [0.15, 0.2) is 0 Å². The van der Waals surface area contributed by atoms with Gasteiger partial charge in [0.2, 0.25) is 0 Å². The first-order valence-corrected chi connectivity index (χ1v) is 7.92. The highest BCUT2D eigenvalue weighted by Gasteiger charge is 2.26. The average molecular weight is 288 g/mol. The fraction of sp³-hybridized carbons (Fsp3) is 0.588. The molecule has 2 aliphatic heterocycles. The van der Waals surface area contributed by atoms with E-state index in [1.54, 1.807) is 0 Å². The third-order valence-electron chi connectivity index (χ3n) is 4.79. The fourth-order valence-electron chi connectivity index (χ4n) is 3.71. The molecule has 0 aromatic heterocycles. The number of nitrogens with zero attached hydrogens (tertiary/aromatic N) is 2. The highest BCUT2D eigenvalue weighted by Crippen LogP contribution is 2.29. The number of carboxylic acid groups (broad SMARTS) is 1. The number of aryl methyl sites for hydroxylation is 1. The van der Waals surface area contributed by atoms with Crippen molar-refractivity contribution in [1.29, 1.82) is 0 Å². The summed E-state index contributed by atoms with van der Waals surface area (Å²) in [6.45, 7) is 3.04. The van der Waals surface area contributed by atoms with E-state index in [1.165, 1.54) is 23.2 Å². The summed E-state index contributed by atoms with van der Waals surface area (Å²) >= 11 is 0. The quantitative estimate of drug-likeness (QED) is 0.924. The maximum atomic E-state index is 10.9. The van der Waals surface area contributed by atoms with Crippen molar-refractivity contribution >= 4 is 11.7 Å². The third kappa shape index (κ3) is 3.21. The maximum absolute atomic E-state index is 10.9. The van der Waals surface area contributed by atoms with Crippen molar-refractivity contribution in [1.82, 2.24) is 4.90 Å². The number of likely N-dealkylation sites (tertiary alicyclic amines) is 1. The van der Waals surface area contributed by atoms with Gasteiger partial charge in [0.25, 0.3) is 0 Å². The number of aliphatic carboxylic acids is 1. The lowest BCUT2D eigenvalue weighted by Gasteiger charge is -2.29. The van der Waals surface area contributed by atoms with Gasteiger partial charge < -0.3 is 10.0 Å². The van der Waals surface area contributed by atoms with Gasteiger partial charge in [-0.05, 0) is 49.4 Å². The van der Waals surface area contributed by atoms with Gasteiger partial charge in [-0.3, -0.25) is 9.69 Å². The molecule has 1 aromatic carbocycles. The molecule has 2 aliphatic rings. The van der Waals surface area contributed by atoms with Gasteiger partial charge in [-0.1, -0.05) is 12.1 Å². The summed E-state index contributed by atoms with van der Waals surface area (Å²) in [5.41, 5.74) is 4.12. The fourth-order valence-corrected chi connectivity index (χ4v) is 3.71. The molecule has 1 aromatic rings. The molecule has 4 nitrogen and oxygen atoms in total. The summed E-state index contributed by atoms with van der Waals surface area (Å²) in [5, 5.41) is 9.01. The molecule has 0 saturated carbocycles. The number of anilines is 1. The number of rotatable bonds is 4. The van der Waals surface area contributed by atoms with Crippen molar-refractivity contribution in [2.24, 2.45) is 0 Å². The van der Waals surface area contributed by atoms with Gasteiger partial charge in [0.05, 0.1) is 6.42 Å². The van der Waals surface area contributed by atoms with Crippen LogP contribution in [0.3, 0.4) is 0 Å². The van der Waals surface area contributed by atoms with E-state index in [9.17, 15) is 4.79 Å². The first kappa shape index (κ1) is 14.4. The summed E-state index contributed by atoms with van der Waals surface area (Å²) in [7, 11) is 2.15. The number of benzene rings is 1. The van der Waals surface area contributed by atoms with E-state index in [2.05, 4.69) is 35.0 Å². The Labute approximate surface area is 126 Å². The van der Waals surface area contributed by atoms with Crippen LogP contribution in [0, 0.1) is 0 Å². The second-order valence-corrected chi connectivity index (χ2v) is 6.35. The minimum Gasteiger partial charge on any atom is -0.481 e. The zero-order chi connectivity index (χ0) is 14.8. The summed E-state index contributed by atoms with van der Waals surface area (Å²) in [6, 6.07) is 6.96. The zero-order valence-corrected chi connectivity index (χ0v) is 12.7. The third-order valence-corrected chi connectivity index (χ3v) is 4.79. The van der Waals surface area contributed by atoms with Crippen LogP contribution in [0.15, 0.2) is 18.2 Å². The number of hydrogen-bond donors (Lipinski definition) is 1. The molecular formula is C17H24N2O2. The van der Waals surface area contributed by atoms with Crippen LogP contribution < -0.4 is 4.90 Å². The molecule has 21 heavy (non-hydrogen) atoms. The molecule has 0 bridgehead atoms. The van der Waals surface area contributed by atoms with Crippen LogP contribution in [-0.2, 0) is 17.8 Å².